The molecule has 0 rings (SSSR count). The average Bonchev–Trinajstić information content (AvgIpc) is 2.34. The van der Waals surface area contributed by atoms with Crippen LogP contribution < -0.4 is 5.32 Å². The summed E-state index contributed by atoms with van der Waals surface area (Å²) in [6.45, 7) is 13.3. The van der Waals surface area contributed by atoms with Crippen molar-refractivity contribution in [1.82, 2.24) is 10.2 Å². The molecule has 0 amide bonds. The number of nitrogens with zero attached hydrogens (tertiary/aromatic N) is 1. The standard InChI is InChI=1S/C14H32N2O/c1-6-14(12-17-5)15-13(4)10-9-11-16(7-2)8-3/h13-15H,6-12H2,1-5H3. The van der Waals surface area contributed by atoms with Gasteiger partial charge in [-0.1, -0.05) is 20.8 Å². The third-order valence-corrected chi connectivity index (χ3v) is 3.39. The normalized spacial score (nSPS) is 15.2. The van der Waals surface area contributed by atoms with Crippen molar-refractivity contribution in [2.45, 2.75) is 59.0 Å². The summed E-state index contributed by atoms with van der Waals surface area (Å²) in [5.41, 5.74) is 0. The number of rotatable bonds is 11. The summed E-state index contributed by atoms with van der Waals surface area (Å²) in [6.07, 6.45) is 3.66. The maximum absolute atomic E-state index is 5.20. The van der Waals surface area contributed by atoms with Crippen molar-refractivity contribution in [3.8, 4) is 0 Å². The Morgan fingerprint density at radius 3 is 2.29 bits per heavy atom. The Balaban J connectivity index is 3.66. The minimum absolute atomic E-state index is 0.503. The molecule has 1 N–H and O–H groups in total. The van der Waals surface area contributed by atoms with Gasteiger partial charge in [0, 0.05) is 19.2 Å². The van der Waals surface area contributed by atoms with E-state index in [2.05, 4.69) is 37.9 Å². The molecule has 104 valence electrons. The van der Waals surface area contributed by atoms with Crippen LogP contribution in [0.5, 0.6) is 0 Å². The lowest BCUT2D eigenvalue weighted by Crippen LogP contribution is -2.39. The van der Waals surface area contributed by atoms with Gasteiger partial charge in [-0.05, 0) is 45.8 Å². The van der Waals surface area contributed by atoms with Crippen LogP contribution >= 0.6 is 0 Å². The van der Waals surface area contributed by atoms with Crippen LogP contribution in [0.2, 0.25) is 0 Å². The molecule has 0 aromatic carbocycles. The minimum Gasteiger partial charge on any atom is -0.383 e. The maximum atomic E-state index is 5.20. The van der Waals surface area contributed by atoms with Crippen LogP contribution in [0.15, 0.2) is 0 Å². The fourth-order valence-corrected chi connectivity index (χ4v) is 2.13. The molecule has 0 aromatic rings. The maximum Gasteiger partial charge on any atom is 0.0615 e. The van der Waals surface area contributed by atoms with Crippen LogP contribution in [0.3, 0.4) is 0 Å². The molecule has 2 atom stereocenters. The van der Waals surface area contributed by atoms with Gasteiger partial charge in [-0.3, -0.25) is 0 Å². The first-order valence-electron chi connectivity index (χ1n) is 7.15. The highest BCUT2D eigenvalue weighted by Gasteiger charge is 2.10. The van der Waals surface area contributed by atoms with E-state index >= 15 is 0 Å². The fraction of sp³-hybridized carbons (Fsp3) is 1.00. The zero-order chi connectivity index (χ0) is 13.1. The van der Waals surface area contributed by atoms with E-state index in [9.17, 15) is 0 Å². The van der Waals surface area contributed by atoms with Gasteiger partial charge in [-0.15, -0.1) is 0 Å². The van der Waals surface area contributed by atoms with Crippen molar-refractivity contribution in [2.75, 3.05) is 33.4 Å². The van der Waals surface area contributed by atoms with Crippen molar-refractivity contribution in [3.05, 3.63) is 0 Å². The first kappa shape index (κ1) is 16.9. The van der Waals surface area contributed by atoms with Gasteiger partial charge in [0.2, 0.25) is 0 Å². The van der Waals surface area contributed by atoms with Crippen molar-refractivity contribution < 1.29 is 4.74 Å². The monoisotopic (exact) mass is 244 g/mol. The van der Waals surface area contributed by atoms with Gasteiger partial charge >= 0.3 is 0 Å². The second-order valence-corrected chi connectivity index (χ2v) is 4.80. The van der Waals surface area contributed by atoms with Gasteiger partial charge in [0.05, 0.1) is 6.61 Å². The minimum atomic E-state index is 0.503. The second kappa shape index (κ2) is 11.0. The largest absolute Gasteiger partial charge is 0.383 e. The van der Waals surface area contributed by atoms with Crippen LogP contribution in [-0.2, 0) is 4.74 Å². The van der Waals surface area contributed by atoms with E-state index in [4.69, 9.17) is 4.74 Å². The Morgan fingerprint density at radius 2 is 1.82 bits per heavy atom. The molecule has 0 fully saturated rings. The summed E-state index contributed by atoms with van der Waals surface area (Å²) >= 11 is 0. The Kier molecular flexibility index (Phi) is 10.9. The van der Waals surface area contributed by atoms with Gasteiger partial charge < -0.3 is 15.0 Å². The van der Waals surface area contributed by atoms with Crippen LogP contribution in [0.25, 0.3) is 0 Å². The number of hydrogen-bond donors (Lipinski definition) is 1. The predicted molar refractivity (Wildman–Crippen MR) is 75.6 cm³/mol. The SMILES string of the molecule is CCC(COC)NC(C)CCCN(CC)CC. The summed E-state index contributed by atoms with van der Waals surface area (Å²) in [7, 11) is 1.77. The Labute approximate surface area is 108 Å². The van der Waals surface area contributed by atoms with E-state index in [0.29, 0.717) is 12.1 Å². The van der Waals surface area contributed by atoms with Crippen molar-refractivity contribution in [1.29, 1.82) is 0 Å². The highest BCUT2D eigenvalue weighted by Crippen LogP contribution is 2.02. The van der Waals surface area contributed by atoms with Crippen molar-refractivity contribution >= 4 is 0 Å². The Bertz CT molecular complexity index is 160. The average molecular weight is 244 g/mol. The third-order valence-electron chi connectivity index (χ3n) is 3.39. The lowest BCUT2D eigenvalue weighted by atomic mass is 10.1. The van der Waals surface area contributed by atoms with E-state index < -0.39 is 0 Å². The molecule has 0 heterocycles. The van der Waals surface area contributed by atoms with E-state index in [1.807, 2.05) is 0 Å². The molecule has 0 aliphatic rings. The molecule has 0 aliphatic carbocycles. The molecule has 17 heavy (non-hydrogen) atoms. The zero-order valence-corrected chi connectivity index (χ0v) is 12.5. The molecule has 3 nitrogen and oxygen atoms in total. The topological polar surface area (TPSA) is 24.5 Å². The summed E-state index contributed by atoms with van der Waals surface area (Å²) in [4.78, 5) is 2.49. The van der Waals surface area contributed by atoms with E-state index in [0.717, 1.165) is 13.0 Å². The summed E-state index contributed by atoms with van der Waals surface area (Å²) in [5, 5.41) is 3.63. The molecule has 2 unspecified atom stereocenters. The number of nitrogens with one attached hydrogen (secondary N) is 1. The highest BCUT2D eigenvalue weighted by molar-refractivity contribution is 4.70. The van der Waals surface area contributed by atoms with E-state index in [1.165, 1.54) is 32.5 Å². The molecule has 3 heteroatoms. The summed E-state index contributed by atoms with van der Waals surface area (Å²) < 4.78 is 5.20. The van der Waals surface area contributed by atoms with Gasteiger partial charge in [0.1, 0.15) is 0 Å². The smallest absolute Gasteiger partial charge is 0.0615 e. The van der Waals surface area contributed by atoms with Crippen molar-refractivity contribution in [2.24, 2.45) is 0 Å². The lowest BCUT2D eigenvalue weighted by molar-refractivity contribution is 0.158. The van der Waals surface area contributed by atoms with Gasteiger partial charge in [0.25, 0.3) is 0 Å². The van der Waals surface area contributed by atoms with Gasteiger partial charge in [-0.2, -0.15) is 0 Å². The van der Waals surface area contributed by atoms with Crippen LogP contribution in [0.1, 0.15) is 47.0 Å². The molecule has 0 saturated carbocycles. The number of methoxy groups -OCH3 is 1. The van der Waals surface area contributed by atoms with Gasteiger partial charge in [0.15, 0.2) is 0 Å². The quantitative estimate of drug-likeness (QED) is 0.604. The Morgan fingerprint density at radius 1 is 1.18 bits per heavy atom. The molecule has 0 aromatic heterocycles. The first-order chi connectivity index (χ1) is 8.17. The fourth-order valence-electron chi connectivity index (χ4n) is 2.13. The molecular formula is C14H32N2O. The summed E-state index contributed by atoms with van der Waals surface area (Å²) in [5.74, 6) is 0. The molecule has 0 spiro atoms. The molecule has 0 saturated heterocycles. The van der Waals surface area contributed by atoms with E-state index in [1.54, 1.807) is 7.11 Å². The van der Waals surface area contributed by atoms with E-state index in [-0.39, 0.29) is 0 Å². The molecular weight excluding hydrogens is 212 g/mol. The molecule has 0 aliphatic heterocycles. The highest BCUT2D eigenvalue weighted by atomic mass is 16.5. The van der Waals surface area contributed by atoms with Crippen LogP contribution in [-0.4, -0.2) is 50.3 Å². The molecule has 0 radical (unpaired) electrons. The van der Waals surface area contributed by atoms with Crippen molar-refractivity contribution in [3.63, 3.8) is 0 Å². The van der Waals surface area contributed by atoms with Gasteiger partial charge in [-0.25, -0.2) is 0 Å². The third kappa shape index (κ3) is 8.58. The van der Waals surface area contributed by atoms with Crippen LogP contribution in [0, 0.1) is 0 Å². The zero-order valence-electron chi connectivity index (χ0n) is 12.5. The predicted octanol–water partition coefficient (Wildman–Crippen LogP) is 2.51. The Hall–Kier alpha value is -0.120. The second-order valence-electron chi connectivity index (χ2n) is 4.80. The molecule has 0 bridgehead atoms. The first-order valence-corrected chi connectivity index (χ1v) is 7.15. The number of ether oxygens (including phenoxy) is 1. The summed E-state index contributed by atoms with van der Waals surface area (Å²) in [6, 6.07) is 1.09. The lowest BCUT2D eigenvalue weighted by Gasteiger charge is -2.23. The number of hydrogen-bond acceptors (Lipinski definition) is 3. The van der Waals surface area contributed by atoms with Crippen LogP contribution in [0.4, 0.5) is 0 Å².